The number of nitrogens with one attached hydrogen (secondary N) is 1. The molecule has 0 aromatic heterocycles. The standard InChI is InChI=1S/C34H33FN4O4/c1-43-29-17-11-26(12-18-29)33(41)38-21-19-37(20-22-38)28-15-13-27(14-16-28)36-32(40)24-39(23-25-7-3-2-4-8-25)34(42)30-9-5-6-10-31(30)35/h2-18H,19-24H2,1H3,(H,36,40). The SMILES string of the molecule is COc1ccc(C(=O)N2CCN(c3ccc(NC(=O)CN(Cc4ccccc4)C(=O)c4ccccc4F)cc3)CC2)cc1. The minimum Gasteiger partial charge on any atom is -0.497 e. The van der Waals surface area contributed by atoms with E-state index >= 15 is 0 Å². The summed E-state index contributed by atoms with van der Waals surface area (Å²) in [5.74, 6) is -0.875. The van der Waals surface area contributed by atoms with Crippen molar-refractivity contribution in [3.63, 3.8) is 0 Å². The maximum Gasteiger partial charge on any atom is 0.257 e. The van der Waals surface area contributed by atoms with Crippen LogP contribution in [0.1, 0.15) is 26.3 Å². The molecule has 4 aromatic carbocycles. The summed E-state index contributed by atoms with van der Waals surface area (Å²) >= 11 is 0. The second-order valence-corrected chi connectivity index (χ2v) is 10.2. The highest BCUT2D eigenvalue weighted by Crippen LogP contribution is 2.21. The van der Waals surface area contributed by atoms with Crippen LogP contribution in [0, 0.1) is 5.82 Å². The molecule has 1 fully saturated rings. The Morgan fingerprint density at radius 2 is 1.47 bits per heavy atom. The van der Waals surface area contributed by atoms with Crippen LogP contribution in [0.5, 0.6) is 5.75 Å². The highest BCUT2D eigenvalue weighted by molar-refractivity contribution is 5.99. The van der Waals surface area contributed by atoms with Crippen molar-refractivity contribution in [2.45, 2.75) is 6.54 Å². The van der Waals surface area contributed by atoms with E-state index in [4.69, 9.17) is 4.74 Å². The van der Waals surface area contributed by atoms with Gasteiger partial charge in [0.05, 0.1) is 12.7 Å². The zero-order chi connectivity index (χ0) is 30.2. The fraction of sp³-hybridized carbons (Fsp3) is 0.206. The highest BCUT2D eigenvalue weighted by Gasteiger charge is 2.24. The molecule has 0 saturated carbocycles. The van der Waals surface area contributed by atoms with Gasteiger partial charge in [-0.1, -0.05) is 42.5 Å². The van der Waals surface area contributed by atoms with Gasteiger partial charge < -0.3 is 24.8 Å². The zero-order valence-electron chi connectivity index (χ0n) is 23.9. The Morgan fingerprint density at radius 3 is 2.12 bits per heavy atom. The van der Waals surface area contributed by atoms with Gasteiger partial charge in [-0.25, -0.2) is 4.39 Å². The quantitative estimate of drug-likeness (QED) is 0.299. The Hall–Kier alpha value is -5.18. The number of carbonyl (C=O) groups is 3. The van der Waals surface area contributed by atoms with Crippen LogP contribution in [0.4, 0.5) is 15.8 Å². The Balaban J connectivity index is 1.18. The van der Waals surface area contributed by atoms with E-state index < -0.39 is 11.7 Å². The summed E-state index contributed by atoms with van der Waals surface area (Å²) in [6, 6.07) is 29.6. The van der Waals surface area contributed by atoms with Gasteiger partial charge in [0.1, 0.15) is 18.1 Å². The van der Waals surface area contributed by atoms with Crippen molar-refractivity contribution in [1.29, 1.82) is 0 Å². The van der Waals surface area contributed by atoms with Crippen LogP contribution in [0.25, 0.3) is 0 Å². The molecular weight excluding hydrogens is 547 g/mol. The third-order valence-corrected chi connectivity index (χ3v) is 7.36. The molecule has 4 aromatic rings. The van der Waals surface area contributed by atoms with Crippen molar-refractivity contribution in [2.24, 2.45) is 0 Å². The molecule has 1 aliphatic rings. The number of benzene rings is 4. The molecular formula is C34H33FN4O4. The molecule has 0 atom stereocenters. The van der Waals surface area contributed by atoms with Crippen molar-refractivity contribution in [3.8, 4) is 5.75 Å². The summed E-state index contributed by atoms with van der Waals surface area (Å²) in [7, 11) is 1.59. The lowest BCUT2D eigenvalue weighted by Gasteiger charge is -2.36. The maximum atomic E-state index is 14.4. The van der Waals surface area contributed by atoms with E-state index in [1.807, 2.05) is 59.5 Å². The van der Waals surface area contributed by atoms with Crippen LogP contribution in [0.15, 0.2) is 103 Å². The van der Waals surface area contributed by atoms with E-state index in [1.165, 1.54) is 23.1 Å². The minimum absolute atomic E-state index is 0.00449. The summed E-state index contributed by atoms with van der Waals surface area (Å²) < 4.78 is 19.6. The molecule has 5 rings (SSSR count). The lowest BCUT2D eigenvalue weighted by Crippen LogP contribution is -2.48. The number of ether oxygens (including phenoxy) is 1. The number of hydrogen-bond acceptors (Lipinski definition) is 5. The molecule has 8 nitrogen and oxygen atoms in total. The monoisotopic (exact) mass is 580 g/mol. The molecule has 0 aliphatic carbocycles. The third-order valence-electron chi connectivity index (χ3n) is 7.36. The molecule has 0 spiro atoms. The molecule has 3 amide bonds. The zero-order valence-corrected chi connectivity index (χ0v) is 23.9. The van der Waals surface area contributed by atoms with Crippen molar-refractivity contribution < 1.29 is 23.5 Å². The third kappa shape index (κ3) is 7.37. The van der Waals surface area contributed by atoms with Gasteiger partial charge in [0, 0.05) is 49.7 Å². The Morgan fingerprint density at radius 1 is 0.814 bits per heavy atom. The van der Waals surface area contributed by atoms with Crippen LogP contribution in [0.3, 0.4) is 0 Å². The van der Waals surface area contributed by atoms with Gasteiger partial charge in [0.2, 0.25) is 5.91 Å². The molecule has 43 heavy (non-hydrogen) atoms. The second kappa shape index (κ2) is 13.7. The summed E-state index contributed by atoms with van der Waals surface area (Å²) in [6.07, 6.45) is 0. The van der Waals surface area contributed by atoms with Crippen molar-refractivity contribution in [3.05, 3.63) is 126 Å². The van der Waals surface area contributed by atoms with Crippen LogP contribution >= 0.6 is 0 Å². The highest BCUT2D eigenvalue weighted by atomic mass is 19.1. The van der Waals surface area contributed by atoms with Crippen LogP contribution < -0.4 is 15.0 Å². The average Bonchev–Trinajstić information content (AvgIpc) is 3.05. The number of nitrogens with zero attached hydrogens (tertiary/aromatic N) is 3. The fourth-order valence-corrected chi connectivity index (χ4v) is 5.02. The lowest BCUT2D eigenvalue weighted by atomic mass is 10.1. The summed E-state index contributed by atoms with van der Waals surface area (Å²) in [5.41, 5.74) is 2.94. The predicted molar refractivity (Wildman–Crippen MR) is 164 cm³/mol. The molecule has 1 saturated heterocycles. The average molecular weight is 581 g/mol. The first-order valence-corrected chi connectivity index (χ1v) is 14.1. The molecule has 0 unspecified atom stereocenters. The van der Waals surface area contributed by atoms with Crippen molar-refractivity contribution in [1.82, 2.24) is 9.80 Å². The first kappa shape index (κ1) is 29.3. The van der Waals surface area contributed by atoms with Crippen LogP contribution in [0.2, 0.25) is 0 Å². The van der Waals surface area contributed by atoms with Crippen molar-refractivity contribution >= 4 is 29.1 Å². The number of halogens is 1. The van der Waals surface area contributed by atoms with Gasteiger partial charge in [-0.05, 0) is 66.2 Å². The second-order valence-electron chi connectivity index (χ2n) is 10.2. The molecule has 0 radical (unpaired) electrons. The Bertz CT molecular complexity index is 1550. The topological polar surface area (TPSA) is 82.2 Å². The number of anilines is 2. The largest absolute Gasteiger partial charge is 0.497 e. The minimum atomic E-state index is -0.632. The smallest absolute Gasteiger partial charge is 0.257 e. The Labute approximate surface area is 250 Å². The van der Waals surface area contributed by atoms with Gasteiger partial charge in [-0.3, -0.25) is 14.4 Å². The number of piperazine rings is 1. The van der Waals surface area contributed by atoms with Gasteiger partial charge in [0.15, 0.2) is 0 Å². The van der Waals surface area contributed by atoms with Gasteiger partial charge in [0.25, 0.3) is 11.8 Å². The van der Waals surface area contributed by atoms with E-state index in [0.29, 0.717) is 43.2 Å². The number of amides is 3. The number of methoxy groups -OCH3 is 1. The van der Waals surface area contributed by atoms with Crippen molar-refractivity contribution in [2.75, 3.05) is 50.1 Å². The maximum absolute atomic E-state index is 14.4. The first-order valence-electron chi connectivity index (χ1n) is 14.1. The van der Waals surface area contributed by atoms with E-state index in [0.717, 1.165) is 11.3 Å². The summed E-state index contributed by atoms with van der Waals surface area (Å²) in [4.78, 5) is 44.5. The van der Waals surface area contributed by atoms with E-state index in [9.17, 15) is 18.8 Å². The van der Waals surface area contributed by atoms with E-state index in [-0.39, 0.29) is 30.5 Å². The number of rotatable bonds is 9. The van der Waals surface area contributed by atoms with Gasteiger partial charge in [-0.15, -0.1) is 0 Å². The number of hydrogen-bond donors (Lipinski definition) is 1. The molecule has 1 aliphatic heterocycles. The summed E-state index contributed by atoms with van der Waals surface area (Å²) in [5, 5.41) is 2.85. The first-order chi connectivity index (χ1) is 20.9. The molecule has 0 bridgehead atoms. The molecule has 220 valence electrons. The van der Waals surface area contributed by atoms with E-state index in [1.54, 1.807) is 37.4 Å². The van der Waals surface area contributed by atoms with Crippen LogP contribution in [-0.4, -0.2) is 67.4 Å². The normalized spacial score (nSPS) is 12.9. The molecule has 1 heterocycles. The Kier molecular flexibility index (Phi) is 9.31. The fourth-order valence-electron chi connectivity index (χ4n) is 5.02. The molecule has 9 heteroatoms. The van der Waals surface area contributed by atoms with Gasteiger partial charge in [-0.2, -0.15) is 0 Å². The summed E-state index contributed by atoms with van der Waals surface area (Å²) in [6.45, 7) is 2.47. The number of carbonyl (C=O) groups excluding carboxylic acids is 3. The van der Waals surface area contributed by atoms with Crippen LogP contribution in [-0.2, 0) is 11.3 Å². The molecule has 1 N–H and O–H groups in total. The van der Waals surface area contributed by atoms with Gasteiger partial charge >= 0.3 is 0 Å². The lowest BCUT2D eigenvalue weighted by molar-refractivity contribution is -0.117. The van der Waals surface area contributed by atoms with E-state index in [2.05, 4.69) is 10.2 Å². The predicted octanol–water partition coefficient (Wildman–Crippen LogP) is 5.08.